The minimum Gasteiger partial charge on any atom is -0.479 e. The monoisotopic (exact) mass is 261 g/mol. The van der Waals surface area contributed by atoms with Crippen LogP contribution in [0.2, 0.25) is 5.02 Å². The van der Waals surface area contributed by atoms with E-state index in [1.54, 1.807) is 0 Å². The number of halogens is 2. The number of aliphatic hydroxyl groups excluding tert-OH is 1. The lowest BCUT2D eigenvalue weighted by atomic mass is 10.2. The molecule has 0 radical (unpaired) electrons. The summed E-state index contributed by atoms with van der Waals surface area (Å²) < 4.78 is 13.2. The summed E-state index contributed by atoms with van der Waals surface area (Å²) in [5.41, 5.74) is -0.310. The number of aliphatic hydroxyl groups is 1. The van der Waals surface area contributed by atoms with E-state index in [1.165, 1.54) is 6.07 Å². The van der Waals surface area contributed by atoms with Crippen molar-refractivity contribution in [3.05, 3.63) is 34.6 Å². The molecule has 1 aromatic rings. The minimum atomic E-state index is -1.74. The average Bonchev–Trinajstić information content (AvgIpc) is 2.28. The summed E-state index contributed by atoms with van der Waals surface area (Å²) in [6.45, 7) is -0.514. The molecule has 1 rings (SSSR count). The molecule has 3 N–H and O–H groups in total. The third-order valence-corrected chi connectivity index (χ3v) is 2.15. The molecule has 5 nitrogen and oxygen atoms in total. The molecular formula is C10H9ClFNO4. The summed E-state index contributed by atoms with van der Waals surface area (Å²) in [5, 5.41) is 19.5. The second kappa shape index (κ2) is 5.60. The number of carbonyl (C=O) groups is 2. The van der Waals surface area contributed by atoms with E-state index in [1.807, 2.05) is 0 Å². The summed E-state index contributed by atoms with van der Waals surface area (Å²) in [4.78, 5) is 21.7. The van der Waals surface area contributed by atoms with Crippen molar-refractivity contribution in [3.63, 3.8) is 0 Å². The van der Waals surface area contributed by atoms with Crippen molar-refractivity contribution in [3.8, 4) is 0 Å². The molecule has 0 bridgehead atoms. The predicted octanol–water partition coefficient (Wildman–Crippen LogP) is 0.654. The van der Waals surface area contributed by atoms with Crippen molar-refractivity contribution in [1.29, 1.82) is 0 Å². The topological polar surface area (TPSA) is 86.6 Å². The lowest BCUT2D eigenvalue weighted by molar-refractivity contribution is -0.146. The summed E-state index contributed by atoms with van der Waals surface area (Å²) >= 11 is 5.58. The molecule has 0 fully saturated rings. The van der Waals surface area contributed by atoms with Crippen LogP contribution in [-0.2, 0) is 4.79 Å². The van der Waals surface area contributed by atoms with E-state index < -0.39 is 30.3 Å². The van der Waals surface area contributed by atoms with Gasteiger partial charge in [-0.1, -0.05) is 11.6 Å². The summed E-state index contributed by atoms with van der Waals surface area (Å²) in [6, 6.07) is 3.41. The van der Waals surface area contributed by atoms with Crippen LogP contribution in [0.15, 0.2) is 18.2 Å². The quantitative estimate of drug-likeness (QED) is 0.743. The van der Waals surface area contributed by atoms with Gasteiger partial charge in [-0.05, 0) is 18.2 Å². The number of amides is 1. The van der Waals surface area contributed by atoms with Crippen LogP contribution in [0, 0.1) is 5.82 Å². The first-order chi connectivity index (χ1) is 7.91. The molecule has 1 amide bonds. The number of hydrogen-bond acceptors (Lipinski definition) is 3. The Kier molecular flexibility index (Phi) is 4.42. The standard InChI is InChI=1S/C10H9ClFNO4/c11-5-1-2-7(12)6(3-5)9(15)13-4-8(14)10(16)17/h1-3,8,14H,4H2,(H,13,15)(H,16,17)/t8-/m0/s1. The van der Waals surface area contributed by atoms with Crippen LogP contribution in [0.25, 0.3) is 0 Å². The first kappa shape index (κ1) is 13.4. The maximum atomic E-state index is 13.2. The fraction of sp³-hybridized carbons (Fsp3) is 0.200. The van der Waals surface area contributed by atoms with E-state index in [0.29, 0.717) is 0 Å². The molecule has 0 aliphatic carbocycles. The van der Waals surface area contributed by atoms with Crippen LogP contribution in [0.5, 0.6) is 0 Å². The van der Waals surface area contributed by atoms with Gasteiger partial charge in [-0.2, -0.15) is 0 Å². The Bertz CT molecular complexity index is 452. The van der Waals surface area contributed by atoms with Crippen molar-refractivity contribution in [2.75, 3.05) is 6.54 Å². The highest BCUT2D eigenvalue weighted by molar-refractivity contribution is 6.31. The fourth-order valence-corrected chi connectivity index (χ4v) is 1.22. The van der Waals surface area contributed by atoms with Crippen LogP contribution < -0.4 is 5.32 Å². The molecule has 1 aromatic carbocycles. The first-order valence-corrected chi connectivity index (χ1v) is 4.93. The second-order valence-corrected chi connectivity index (χ2v) is 3.62. The molecule has 0 aliphatic heterocycles. The minimum absolute atomic E-state index is 0.176. The van der Waals surface area contributed by atoms with Crippen molar-refractivity contribution in [2.45, 2.75) is 6.10 Å². The summed E-state index contributed by atoms with van der Waals surface area (Å²) in [6.07, 6.45) is -1.74. The Balaban J connectivity index is 2.70. The third kappa shape index (κ3) is 3.69. The van der Waals surface area contributed by atoms with Crippen molar-refractivity contribution < 1.29 is 24.2 Å². The Morgan fingerprint density at radius 1 is 1.47 bits per heavy atom. The van der Waals surface area contributed by atoms with E-state index in [9.17, 15) is 14.0 Å². The SMILES string of the molecule is O=C(NC[C@H](O)C(=O)O)c1cc(Cl)ccc1F. The molecule has 0 saturated carbocycles. The van der Waals surface area contributed by atoms with Crippen LogP contribution in [0.4, 0.5) is 4.39 Å². The Hall–Kier alpha value is -1.66. The molecule has 92 valence electrons. The maximum Gasteiger partial charge on any atom is 0.334 e. The molecular weight excluding hydrogens is 253 g/mol. The van der Waals surface area contributed by atoms with Crippen LogP contribution in [-0.4, -0.2) is 34.7 Å². The highest BCUT2D eigenvalue weighted by Crippen LogP contribution is 2.14. The van der Waals surface area contributed by atoms with E-state index >= 15 is 0 Å². The zero-order valence-electron chi connectivity index (χ0n) is 8.48. The normalized spacial score (nSPS) is 11.9. The van der Waals surface area contributed by atoms with Crippen molar-refractivity contribution in [1.82, 2.24) is 5.32 Å². The van der Waals surface area contributed by atoms with Crippen LogP contribution >= 0.6 is 11.6 Å². The second-order valence-electron chi connectivity index (χ2n) is 3.19. The molecule has 0 unspecified atom stereocenters. The number of hydrogen-bond donors (Lipinski definition) is 3. The zero-order valence-corrected chi connectivity index (χ0v) is 9.24. The predicted molar refractivity (Wildman–Crippen MR) is 57.4 cm³/mol. The number of nitrogens with one attached hydrogen (secondary N) is 1. The Labute approximate surface area is 101 Å². The molecule has 0 aromatic heterocycles. The van der Waals surface area contributed by atoms with Gasteiger partial charge in [0, 0.05) is 5.02 Å². The fourth-order valence-electron chi connectivity index (χ4n) is 1.04. The zero-order chi connectivity index (χ0) is 13.0. The van der Waals surface area contributed by atoms with Crippen LogP contribution in [0.3, 0.4) is 0 Å². The Morgan fingerprint density at radius 2 is 2.12 bits per heavy atom. The molecule has 17 heavy (non-hydrogen) atoms. The highest BCUT2D eigenvalue weighted by atomic mass is 35.5. The van der Waals surface area contributed by atoms with Gasteiger partial charge in [0.2, 0.25) is 0 Å². The van der Waals surface area contributed by atoms with Gasteiger partial charge in [-0.15, -0.1) is 0 Å². The van der Waals surface area contributed by atoms with Gasteiger partial charge in [0.05, 0.1) is 12.1 Å². The molecule has 0 spiro atoms. The van der Waals surface area contributed by atoms with E-state index in [2.05, 4.69) is 5.32 Å². The number of carboxylic acid groups (broad SMARTS) is 1. The van der Waals surface area contributed by atoms with E-state index in [4.69, 9.17) is 21.8 Å². The van der Waals surface area contributed by atoms with Crippen molar-refractivity contribution >= 4 is 23.5 Å². The van der Waals surface area contributed by atoms with Gasteiger partial charge in [-0.25, -0.2) is 9.18 Å². The lowest BCUT2D eigenvalue weighted by Crippen LogP contribution is -2.36. The molecule has 1 atom stereocenters. The van der Waals surface area contributed by atoms with Gasteiger partial charge in [0.1, 0.15) is 5.82 Å². The molecule has 0 saturated heterocycles. The van der Waals surface area contributed by atoms with E-state index in [-0.39, 0.29) is 10.6 Å². The highest BCUT2D eigenvalue weighted by Gasteiger charge is 2.17. The number of carbonyl (C=O) groups excluding carboxylic acids is 1. The average molecular weight is 262 g/mol. The first-order valence-electron chi connectivity index (χ1n) is 4.56. The molecule has 7 heteroatoms. The number of aliphatic carboxylic acids is 1. The number of carboxylic acids is 1. The summed E-state index contributed by atoms with van der Waals surface area (Å²) in [7, 11) is 0. The smallest absolute Gasteiger partial charge is 0.334 e. The van der Waals surface area contributed by atoms with Gasteiger partial charge in [-0.3, -0.25) is 4.79 Å². The maximum absolute atomic E-state index is 13.2. The van der Waals surface area contributed by atoms with Gasteiger partial charge < -0.3 is 15.5 Å². The van der Waals surface area contributed by atoms with Gasteiger partial charge in [0.25, 0.3) is 5.91 Å². The number of benzene rings is 1. The van der Waals surface area contributed by atoms with Crippen LogP contribution in [0.1, 0.15) is 10.4 Å². The molecule has 0 aliphatic rings. The van der Waals surface area contributed by atoms with Crippen molar-refractivity contribution in [2.24, 2.45) is 0 Å². The Morgan fingerprint density at radius 3 is 2.71 bits per heavy atom. The third-order valence-electron chi connectivity index (χ3n) is 1.91. The van der Waals surface area contributed by atoms with Gasteiger partial charge >= 0.3 is 5.97 Å². The lowest BCUT2D eigenvalue weighted by Gasteiger charge is -2.08. The largest absolute Gasteiger partial charge is 0.479 e. The number of rotatable bonds is 4. The van der Waals surface area contributed by atoms with E-state index in [0.717, 1.165) is 12.1 Å². The van der Waals surface area contributed by atoms with Gasteiger partial charge in [0.15, 0.2) is 6.10 Å². The molecule has 0 heterocycles. The summed E-state index contributed by atoms with van der Waals surface area (Å²) in [5.74, 6) is -3.10.